The number of halogens is 2. The van der Waals surface area contributed by atoms with Crippen LogP contribution in [0.3, 0.4) is 0 Å². The van der Waals surface area contributed by atoms with E-state index in [2.05, 4.69) is 5.32 Å². The van der Waals surface area contributed by atoms with E-state index in [1.807, 2.05) is 13.8 Å². The molecule has 0 aliphatic heterocycles. The normalized spacial score (nSPS) is 12.4. The van der Waals surface area contributed by atoms with Gasteiger partial charge in [-0.2, -0.15) is 0 Å². The average molecular weight is 261 g/mol. The molecule has 1 nitrogen and oxygen atoms in total. The van der Waals surface area contributed by atoms with E-state index in [0.717, 1.165) is 23.2 Å². The fraction of sp³-hybridized carbons (Fsp3) is 0.250. The van der Waals surface area contributed by atoms with Gasteiger partial charge in [-0.05, 0) is 54.4 Å². The highest BCUT2D eigenvalue weighted by atomic mass is 19.1. The van der Waals surface area contributed by atoms with Gasteiger partial charge in [0.2, 0.25) is 0 Å². The molecule has 0 heterocycles. The van der Waals surface area contributed by atoms with E-state index < -0.39 is 0 Å². The summed E-state index contributed by atoms with van der Waals surface area (Å²) in [4.78, 5) is 0. The monoisotopic (exact) mass is 261 g/mol. The summed E-state index contributed by atoms with van der Waals surface area (Å²) in [5.74, 6) is -0.527. The molecule has 0 fully saturated rings. The van der Waals surface area contributed by atoms with Crippen LogP contribution in [-0.4, -0.2) is 6.54 Å². The summed E-state index contributed by atoms with van der Waals surface area (Å²) in [6.45, 7) is 4.69. The van der Waals surface area contributed by atoms with Gasteiger partial charge < -0.3 is 5.32 Å². The standard InChI is InChI=1S/C16H17F2N/c1-3-19-16(12-5-8-13(17)9-6-12)15-10-14(18)7-4-11(15)2/h4-10,16,19H,3H2,1-2H3. The molecule has 0 bridgehead atoms. The Balaban J connectivity index is 2.44. The zero-order valence-corrected chi connectivity index (χ0v) is 11.1. The van der Waals surface area contributed by atoms with Crippen LogP contribution in [-0.2, 0) is 0 Å². The molecule has 0 radical (unpaired) electrons. The molecule has 0 saturated heterocycles. The Labute approximate surface area is 112 Å². The highest BCUT2D eigenvalue weighted by molar-refractivity contribution is 5.37. The second kappa shape index (κ2) is 5.93. The van der Waals surface area contributed by atoms with E-state index in [1.165, 1.54) is 24.3 Å². The lowest BCUT2D eigenvalue weighted by Gasteiger charge is -2.21. The van der Waals surface area contributed by atoms with E-state index in [4.69, 9.17) is 0 Å². The first kappa shape index (κ1) is 13.7. The van der Waals surface area contributed by atoms with Gasteiger partial charge in [0, 0.05) is 0 Å². The van der Waals surface area contributed by atoms with Crippen molar-refractivity contribution >= 4 is 0 Å². The van der Waals surface area contributed by atoms with Crippen LogP contribution in [0.2, 0.25) is 0 Å². The molecule has 0 spiro atoms. The number of benzene rings is 2. The molecule has 19 heavy (non-hydrogen) atoms. The molecule has 2 aromatic rings. The Morgan fingerprint density at radius 1 is 1.00 bits per heavy atom. The predicted molar refractivity (Wildman–Crippen MR) is 73.1 cm³/mol. The second-order valence-electron chi connectivity index (χ2n) is 4.54. The Hall–Kier alpha value is -1.74. The Bertz CT molecular complexity index is 549. The van der Waals surface area contributed by atoms with Crippen molar-refractivity contribution in [3.63, 3.8) is 0 Å². The van der Waals surface area contributed by atoms with Crippen LogP contribution >= 0.6 is 0 Å². The zero-order chi connectivity index (χ0) is 13.8. The molecule has 0 saturated carbocycles. The van der Waals surface area contributed by atoms with Crippen LogP contribution in [0.25, 0.3) is 0 Å². The molecule has 0 aliphatic carbocycles. The summed E-state index contributed by atoms with van der Waals surface area (Å²) in [5, 5.41) is 3.31. The van der Waals surface area contributed by atoms with Crippen molar-refractivity contribution in [3.8, 4) is 0 Å². The largest absolute Gasteiger partial charge is 0.307 e. The maximum atomic E-state index is 13.4. The van der Waals surface area contributed by atoms with E-state index in [-0.39, 0.29) is 17.7 Å². The van der Waals surface area contributed by atoms with E-state index in [0.29, 0.717) is 0 Å². The van der Waals surface area contributed by atoms with Crippen LogP contribution in [0.4, 0.5) is 8.78 Å². The fourth-order valence-corrected chi connectivity index (χ4v) is 2.19. The molecule has 1 unspecified atom stereocenters. The minimum atomic E-state index is -0.269. The van der Waals surface area contributed by atoms with Crippen molar-refractivity contribution in [1.82, 2.24) is 5.32 Å². The molecule has 0 aliphatic rings. The third-order valence-corrected chi connectivity index (χ3v) is 3.16. The van der Waals surface area contributed by atoms with Gasteiger partial charge in [0.25, 0.3) is 0 Å². The lowest BCUT2D eigenvalue weighted by Crippen LogP contribution is -2.23. The number of nitrogens with one attached hydrogen (secondary N) is 1. The van der Waals surface area contributed by atoms with Gasteiger partial charge in [0.15, 0.2) is 0 Å². The summed E-state index contributed by atoms with van der Waals surface area (Å²) in [6, 6.07) is 10.9. The van der Waals surface area contributed by atoms with Gasteiger partial charge in [-0.15, -0.1) is 0 Å². The lowest BCUT2D eigenvalue weighted by molar-refractivity contribution is 0.596. The molecule has 1 N–H and O–H groups in total. The highest BCUT2D eigenvalue weighted by Crippen LogP contribution is 2.25. The van der Waals surface area contributed by atoms with E-state index >= 15 is 0 Å². The van der Waals surface area contributed by atoms with Crippen molar-refractivity contribution < 1.29 is 8.78 Å². The Morgan fingerprint density at radius 2 is 1.63 bits per heavy atom. The number of hydrogen-bond acceptors (Lipinski definition) is 1. The molecule has 2 aromatic carbocycles. The van der Waals surface area contributed by atoms with Crippen LogP contribution in [0, 0.1) is 18.6 Å². The summed E-state index contributed by atoms with van der Waals surface area (Å²) in [5.41, 5.74) is 2.82. The molecule has 100 valence electrons. The van der Waals surface area contributed by atoms with Gasteiger partial charge in [0.1, 0.15) is 11.6 Å². The second-order valence-corrected chi connectivity index (χ2v) is 4.54. The third-order valence-electron chi connectivity index (χ3n) is 3.16. The molecule has 1 atom stereocenters. The van der Waals surface area contributed by atoms with E-state index in [9.17, 15) is 8.78 Å². The first-order chi connectivity index (χ1) is 9.11. The summed E-state index contributed by atoms with van der Waals surface area (Å²) in [6.07, 6.45) is 0. The molecule has 3 heteroatoms. The Kier molecular flexibility index (Phi) is 4.27. The van der Waals surface area contributed by atoms with Crippen molar-refractivity contribution in [2.24, 2.45) is 0 Å². The quantitative estimate of drug-likeness (QED) is 0.878. The topological polar surface area (TPSA) is 12.0 Å². The molecule has 0 aromatic heterocycles. The van der Waals surface area contributed by atoms with Crippen molar-refractivity contribution in [3.05, 3.63) is 70.8 Å². The van der Waals surface area contributed by atoms with Crippen molar-refractivity contribution in [2.75, 3.05) is 6.54 Å². The smallest absolute Gasteiger partial charge is 0.123 e. The van der Waals surface area contributed by atoms with E-state index in [1.54, 1.807) is 18.2 Å². The SMILES string of the molecule is CCNC(c1ccc(F)cc1)c1cc(F)ccc1C. The van der Waals surface area contributed by atoms with Crippen molar-refractivity contribution in [1.29, 1.82) is 0 Å². The molecular weight excluding hydrogens is 244 g/mol. The highest BCUT2D eigenvalue weighted by Gasteiger charge is 2.15. The molecule has 2 rings (SSSR count). The minimum absolute atomic E-state index is 0.124. The number of hydrogen-bond donors (Lipinski definition) is 1. The lowest BCUT2D eigenvalue weighted by atomic mass is 9.95. The van der Waals surface area contributed by atoms with Crippen molar-refractivity contribution in [2.45, 2.75) is 19.9 Å². The molecule has 0 amide bonds. The van der Waals surface area contributed by atoms with Crippen LogP contribution in [0.1, 0.15) is 29.7 Å². The minimum Gasteiger partial charge on any atom is -0.307 e. The predicted octanol–water partition coefficient (Wildman–Crippen LogP) is 3.97. The van der Waals surface area contributed by atoms with Crippen LogP contribution < -0.4 is 5.32 Å². The molecular formula is C16H17F2N. The summed E-state index contributed by atoms with van der Waals surface area (Å²) >= 11 is 0. The number of aryl methyl sites for hydroxylation is 1. The first-order valence-electron chi connectivity index (χ1n) is 6.36. The van der Waals surface area contributed by atoms with Crippen LogP contribution in [0.15, 0.2) is 42.5 Å². The van der Waals surface area contributed by atoms with Gasteiger partial charge in [-0.25, -0.2) is 8.78 Å². The zero-order valence-electron chi connectivity index (χ0n) is 11.1. The van der Waals surface area contributed by atoms with Gasteiger partial charge in [-0.1, -0.05) is 25.1 Å². The van der Waals surface area contributed by atoms with Gasteiger partial charge in [-0.3, -0.25) is 0 Å². The summed E-state index contributed by atoms with van der Waals surface area (Å²) < 4.78 is 26.4. The average Bonchev–Trinajstić information content (AvgIpc) is 2.40. The Morgan fingerprint density at radius 3 is 2.26 bits per heavy atom. The third kappa shape index (κ3) is 3.18. The maximum Gasteiger partial charge on any atom is 0.123 e. The maximum absolute atomic E-state index is 13.4. The van der Waals surface area contributed by atoms with Gasteiger partial charge in [0.05, 0.1) is 6.04 Å². The first-order valence-corrected chi connectivity index (χ1v) is 6.36. The fourth-order valence-electron chi connectivity index (χ4n) is 2.19. The van der Waals surface area contributed by atoms with Gasteiger partial charge >= 0.3 is 0 Å². The summed E-state index contributed by atoms with van der Waals surface area (Å²) in [7, 11) is 0. The number of rotatable bonds is 4. The van der Waals surface area contributed by atoms with Crippen LogP contribution in [0.5, 0.6) is 0 Å².